The highest BCUT2D eigenvalue weighted by Crippen LogP contribution is 2.26. The van der Waals surface area contributed by atoms with E-state index in [4.69, 9.17) is 11.6 Å². The summed E-state index contributed by atoms with van der Waals surface area (Å²) in [6, 6.07) is 0.0250. The molecule has 0 aliphatic carbocycles. The number of aliphatic hydroxyl groups excluding tert-OH is 1. The number of Topliss-reactive ketones (excluding diaryl/α,β-unsaturated/α-hetero) is 5. The van der Waals surface area contributed by atoms with E-state index in [2.05, 4.69) is 90.4 Å². The molecule has 14 amide bonds. The van der Waals surface area contributed by atoms with Crippen molar-refractivity contribution < 1.29 is 111 Å². The van der Waals surface area contributed by atoms with Crippen molar-refractivity contribution in [3.05, 3.63) is 114 Å². The number of H-pyrrole nitrogens is 1. The van der Waals surface area contributed by atoms with E-state index in [1.54, 1.807) is 88.5 Å². The largest absolute Gasteiger partial charge is 0.508 e. The summed E-state index contributed by atoms with van der Waals surface area (Å²) in [5, 5.41) is 66.2. The molecule has 0 radical (unpaired) electrons. The Morgan fingerprint density at radius 3 is 1.62 bits per heavy atom. The highest BCUT2D eigenvalue weighted by Gasteiger charge is 2.44. The van der Waals surface area contributed by atoms with E-state index in [0.29, 0.717) is 53.3 Å². The number of aliphatic carboxylic acids is 1. The molecule has 0 bridgehead atoms. The molecule has 0 fully saturated rings. The second-order valence-electron chi connectivity index (χ2n) is 36.9. The standard InChI is InChI=1S/C96H141N19O23/c1-51(2)44-64-49-75(119)69(38-40-76(97)120)105-84(128)57(9)102-88(132)74(48-65-50-99-68-33-27-26-32-67(65)68)107-89(133)72(47-63-34-36-66(118)37-35-63)106-87(131)70(39-41-77(121)122)109-94(138)96(15,112-91(135)73(46-62-30-24-23-25-31-62)108-92(136)78(60(12)116)110-90(134)71(45-52(3)4)104-61(13)117)43-29-22-20-18-16-17-19-21-28-42-95(14,111-86(64)130)93(137)103-58(10)83(127)100-53(5)79(123)81(125)55(7)114-115-56(8)82(126)80(124)54(6)101-85(129)59(11)113-98/h17,19,23-27,30-37,50-60,64,69-74,78,99,113-116,118H,16,18,20-22,28-29,38-49,98H2,1-15H3,(H2,97,120)(H,100,127)(H,101,129)(H,102,132)(H,103,137)(H,104,117)(H,105,128)(H,106,131)(H,107,133)(H,108,136)(H,109,138)(H,110,134)(H,111,130)(H,112,135)(H,121,122)/b19-17+/t53-,54?,55?,56-,57-,58-,59?,60+,64+,69-,70-,71-,72-,73-,74-,78-,95-,96+/m0/s1. The van der Waals surface area contributed by atoms with E-state index in [9.17, 15) is 82.4 Å². The lowest BCUT2D eigenvalue weighted by molar-refractivity contribution is -0.141. The van der Waals surface area contributed by atoms with E-state index >= 15 is 28.8 Å². The number of carboxylic acids is 1. The van der Waals surface area contributed by atoms with Gasteiger partial charge in [0.05, 0.1) is 42.4 Å². The Hall–Kier alpha value is -13.1. The fourth-order valence-corrected chi connectivity index (χ4v) is 15.3. The Balaban J connectivity index is 1.59. The van der Waals surface area contributed by atoms with Gasteiger partial charge in [-0.1, -0.05) is 120 Å². The molecule has 1 aliphatic rings. The lowest BCUT2D eigenvalue weighted by Crippen LogP contribution is -2.65. The van der Waals surface area contributed by atoms with Crippen LogP contribution < -0.4 is 97.0 Å². The first-order chi connectivity index (χ1) is 64.9. The number of benzene rings is 3. The third-order valence-corrected chi connectivity index (χ3v) is 23.6. The van der Waals surface area contributed by atoms with E-state index < -0.39 is 264 Å². The number of para-hydroxylation sites is 1. The number of amides is 14. The number of hydrogen-bond acceptors (Lipinski definition) is 26. The van der Waals surface area contributed by atoms with Gasteiger partial charge in [0.25, 0.3) is 0 Å². The number of phenolic OH excluding ortho intramolecular Hbond substituents is 1. The number of allylic oxidation sites excluding steroid dienone is 2. The number of nitrogens with one attached hydrogen (secondary N) is 17. The Bertz CT molecular complexity index is 4970. The van der Waals surface area contributed by atoms with Crippen molar-refractivity contribution in [3.63, 3.8) is 0 Å². The summed E-state index contributed by atoms with van der Waals surface area (Å²) < 4.78 is 0. The molecule has 2 heterocycles. The number of nitrogens with two attached hydrogens (primary N) is 2. The van der Waals surface area contributed by atoms with Crippen LogP contribution in [0, 0.1) is 17.8 Å². The zero-order valence-electron chi connectivity index (χ0n) is 81.2. The maximum atomic E-state index is 15.6. The number of rotatable bonds is 40. The molecule has 0 saturated carbocycles. The number of hydrogen-bond donors (Lipinski definition) is 22. The Morgan fingerprint density at radius 1 is 0.507 bits per heavy atom. The van der Waals surface area contributed by atoms with E-state index in [-0.39, 0.29) is 75.4 Å². The van der Waals surface area contributed by atoms with Gasteiger partial charge in [-0.05, 0) is 180 Å². The van der Waals surface area contributed by atoms with Gasteiger partial charge in [-0.3, -0.25) is 102 Å². The fourth-order valence-electron chi connectivity index (χ4n) is 15.3. The molecule has 0 spiro atoms. The lowest BCUT2D eigenvalue weighted by Gasteiger charge is -2.34. The summed E-state index contributed by atoms with van der Waals surface area (Å²) in [6.45, 7) is 21.2. The minimum absolute atomic E-state index is 0.00420. The highest BCUT2D eigenvalue weighted by atomic mass is 16.4. The van der Waals surface area contributed by atoms with E-state index in [0.717, 1.165) is 0 Å². The van der Waals surface area contributed by atoms with Crippen molar-refractivity contribution in [1.29, 1.82) is 0 Å². The summed E-state index contributed by atoms with van der Waals surface area (Å²) in [7, 11) is 0. The van der Waals surface area contributed by atoms with Crippen molar-refractivity contribution >= 4 is 128 Å². The topological polar surface area (TPSA) is 662 Å². The SMILES string of the molecule is CC(=O)N[C@@H](CC(C)C)C(=O)N[C@H](C(=O)N[C@@H](Cc1ccccc1)C(=O)N[C@]1(C)CCCCCC/C=C/CCC[C@@](C)(C(=O)N[C@@H](C)C(=O)N[C@@H](C)C(=O)C(=O)C(C)NN[C@@H](C)C(=O)C(=O)C(C)NC(=O)C(C)NN)NC(=O)[C@H](CC(C)C)CC(=O)[C@H](CCC(N)=O)NC(=O)[C@H](C)NC(=O)[C@H](Cc2c[nH]c3ccccc23)NC(=O)[C@H](Cc2ccc(O)cc2)NC(=O)[C@H](CCC(=O)O)NC1=O)[C@@H](C)O. The summed E-state index contributed by atoms with van der Waals surface area (Å²) in [5.74, 6) is -16.0. The number of phenols is 1. The first-order valence-electron chi connectivity index (χ1n) is 46.7. The van der Waals surface area contributed by atoms with Crippen molar-refractivity contribution in [2.24, 2.45) is 29.3 Å². The first-order valence-corrected chi connectivity index (χ1v) is 46.7. The Labute approximate surface area is 803 Å². The number of aromatic nitrogens is 1. The van der Waals surface area contributed by atoms with E-state index in [1.165, 1.54) is 100 Å². The zero-order chi connectivity index (χ0) is 103. The maximum Gasteiger partial charge on any atom is 0.303 e. The third kappa shape index (κ3) is 37.8. The minimum atomic E-state index is -2.08. The van der Waals surface area contributed by atoms with Gasteiger partial charge in [0.1, 0.15) is 65.2 Å². The average molecular weight is 1930 g/mol. The summed E-state index contributed by atoms with van der Waals surface area (Å²) in [4.78, 5) is 285. The number of carbonyl (C=O) groups excluding carboxylic acids is 19. The van der Waals surface area contributed by atoms with Crippen LogP contribution in [0.1, 0.15) is 223 Å². The van der Waals surface area contributed by atoms with Crippen molar-refractivity contribution in [3.8, 4) is 5.75 Å². The summed E-state index contributed by atoms with van der Waals surface area (Å²) in [6.07, 6.45) is 2.03. The molecule has 42 heteroatoms. The number of aromatic amines is 1. The first kappa shape index (κ1) is 115. The summed E-state index contributed by atoms with van der Waals surface area (Å²) >= 11 is 0. The molecule has 3 aromatic carbocycles. The number of carbonyl (C=O) groups is 20. The Kier molecular flexibility index (Phi) is 46.8. The number of aromatic hydroxyl groups is 1. The van der Waals surface area contributed by atoms with Crippen molar-refractivity contribution in [2.75, 3.05) is 0 Å². The minimum Gasteiger partial charge on any atom is -0.508 e. The molecule has 0 saturated heterocycles. The van der Waals surface area contributed by atoms with E-state index in [1.807, 2.05) is 12.2 Å². The molecule has 138 heavy (non-hydrogen) atoms. The fraction of sp³-hybridized carbons (Fsp3) is 0.562. The van der Waals surface area contributed by atoms with Gasteiger partial charge in [-0.2, -0.15) is 0 Å². The van der Waals surface area contributed by atoms with Crippen molar-refractivity contribution in [2.45, 2.75) is 328 Å². The summed E-state index contributed by atoms with van der Waals surface area (Å²) in [5.41, 5.74) is 10.7. The number of ketones is 5. The molecule has 24 N–H and O–H groups in total. The highest BCUT2D eigenvalue weighted by molar-refractivity contribution is 6.42. The molecular formula is C96H141N19O23. The van der Waals surface area contributed by atoms with Crippen LogP contribution in [0.3, 0.4) is 0 Å². The molecule has 1 aliphatic heterocycles. The molecular weight excluding hydrogens is 1790 g/mol. The molecule has 42 nitrogen and oxygen atoms in total. The van der Waals surface area contributed by atoms with Crippen LogP contribution in [0.5, 0.6) is 5.75 Å². The van der Waals surface area contributed by atoms with Gasteiger partial charge in [0.2, 0.25) is 106 Å². The van der Waals surface area contributed by atoms with Gasteiger partial charge < -0.3 is 95.2 Å². The number of primary amides is 1. The average Bonchev–Trinajstić information content (AvgIpc) is 0.959. The molecule has 1 aromatic heterocycles. The van der Waals surface area contributed by atoms with Crippen LogP contribution in [0.25, 0.3) is 10.9 Å². The lowest BCUT2D eigenvalue weighted by atomic mass is 9.86. The second-order valence-corrected chi connectivity index (χ2v) is 36.9. The molecule has 5 rings (SSSR count). The number of carboxylic acid groups (broad SMARTS) is 1. The molecule has 758 valence electrons. The molecule has 3 unspecified atom stereocenters. The van der Waals surface area contributed by atoms with Gasteiger partial charge in [0.15, 0.2) is 5.78 Å². The molecule has 18 atom stereocenters. The van der Waals surface area contributed by atoms with Gasteiger partial charge >= 0.3 is 5.97 Å². The quantitative estimate of drug-likeness (QED) is 0.0124. The smallest absolute Gasteiger partial charge is 0.303 e. The van der Waals surface area contributed by atoms with Gasteiger partial charge in [-0.15, -0.1) is 0 Å². The normalized spacial score (nSPS) is 22.0. The van der Waals surface area contributed by atoms with Gasteiger partial charge in [-0.25, -0.2) is 16.3 Å². The predicted octanol–water partition coefficient (Wildman–Crippen LogP) is 0.342. The predicted molar refractivity (Wildman–Crippen MR) is 508 cm³/mol. The number of aliphatic hydroxyl groups is 1. The van der Waals surface area contributed by atoms with Crippen LogP contribution in [0.15, 0.2) is 97.2 Å². The van der Waals surface area contributed by atoms with Crippen LogP contribution in [0.2, 0.25) is 0 Å². The van der Waals surface area contributed by atoms with Crippen LogP contribution in [-0.2, 0) is 115 Å². The number of hydrazine groups is 2. The third-order valence-electron chi connectivity index (χ3n) is 23.6. The van der Waals surface area contributed by atoms with Crippen LogP contribution in [-0.4, -0.2) is 240 Å². The zero-order valence-corrected chi connectivity index (χ0v) is 81.2. The van der Waals surface area contributed by atoms with Crippen molar-refractivity contribution in [1.82, 2.24) is 90.4 Å². The second kappa shape index (κ2) is 56.0. The molecule has 4 aromatic rings. The van der Waals surface area contributed by atoms with Crippen LogP contribution in [0.4, 0.5) is 0 Å². The number of fused-ring (bicyclic) bond motifs is 1. The van der Waals surface area contributed by atoms with Gasteiger partial charge in [0, 0.05) is 68.5 Å². The van der Waals surface area contributed by atoms with Crippen LogP contribution >= 0.6 is 0 Å². The maximum absolute atomic E-state index is 15.6. The Morgan fingerprint density at radius 2 is 1.05 bits per heavy atom. The monoisotopic (exact) mass is 1930 g/mol.